The Hall–Kier alpha value is -1.44. The van der Waals surface area contributed by atoms with E-state index in [9.17, 15) is 9.90 Å². The summed E-state index contributed by atoms with van der Waals surface area (Å²) in [5, 5.41) is 12.6. The number of thioether (sulfide) groups is 1. The molecule has 1 amide bonds. The number of hydrogen-bond acceptors (Lipinski definition) is 3. The maximum absolute atomic E-state index is 12.2. The monoisotopic (exact) mass is 275 g/mol. The molecule has 1 saturated heterocycles. The zero-order valence-electron chi connectivity index (χ0n) is 10.7. The van der Waals surface area contributed by atoms with E-state index in [1.807, 2.05) is 11.8 Å². The highest BCUT2D eigenvalue weighted by atomic mass is 32.2. The lowest BCUT2D eigenvalue weighted by Crippen LogP contribution is -2.53. The first kappa shape index (κ1) is 14.0. The number of aliphatic hydroxyl groups is 1. The molecule has 0 radical (unpaired) electrons. The SMILES string of the molecule is C#Cc1ccc(C(=O)NC2(CO)CCSCC2)cc1. The molecule has 19 heavy (non-hydrogen) atoms. The van der Waals surface area contributed by atoms with Crippen LogP contribution >= 0.6 is 11.8 Å². The van der Waals surface area contributed by atoms with Crippen LogP contribution in [0.2, 0.25) is 0 Å². The van der Waals surface area contributed by atoms with E-state index in [1.54, 1.807) is 24.3 Å². The summed E-state index contributed by atoms with van der Waals surface area (Å²) in [6, 6.07) is 6.93. The van der Waals surface area contributed by atoms with E-state index in [2.05, 4.69) is 11.2 Å². The van der Waals surface area contributed by atoms with Gasteiger partial charge in [0.1, 0.15) is 0 Å². The standard InChI is InChI=1S/C15H17NO2S/c1-2-12-3-5-13(6-4-12)14(18)16-15(11-17)7-9-19-10-8-15/h1,3-6,17H,7-11H2,(H,16,18). The van der Waals surface area contributed by atoms with Crippen LogP contribution in [0.4, 0.5) is 0 Å². The minimum atomic E-state index is -0.465. The lowest BCUT2D eigenvalue weighted by atomic mass is 9.92. The Bertz CT molecular complexity index is 484. The van der Waals surface area contributed by atoms with Crippen LogP contribution in [0.15, 0.2) is 24.3 Å². The first-order valence-electron chi connectivity index (χ1n) is 6.27. The van der Waals surface area contributed by atoms with Crippen molar-refractivity contribution < 1.29 is 9.90 Å². The van der Waals surface area contributed by atoms with Gasteiger partial charge in [-0.1, -0.05) is 5.92 Å². The Labute approximate surface area is 117 Å². The van der Waals surface area contributed by atoms with Gasteiger partial charge in [-0.15, -0.1) is 6.42 Å². The minimum Gasteiger partial charge on any atom is -0.394 e. The Balaban J connectivity index is 2.08. The average Bonchev–Trinajstić information content (AvgIpc) is 2.48. The fourth-order valence-electron chi connectivity index (χ4n) is 2.12. The van der Waals surface area contributed by atoms with Crippen LogP contribution in [0, 0.1) is 12.3 Å². The van der Waals surface area contributed by atoms with Crippen molar-refractivity contribution in [3.8, 4) is 12.3 Å². The molecule has 0 unspecified atom stereocenters. The molecule has 100 valence electrons. The van der Waals surface area contributed by atoms with Crippen LogP contribution in [-0.4, -0.2) is 34.7 Å². The average molecular weight is 275 g/mol. The zero-order chi connectivity index (χ0) is 13.7. The highest BCUT2D eigenvalue weighted by Crippen LogP contribution is 2.27. The smallest absolute Gasteiger partial charge is 0.251 e. The van der Waals surface area contributed by atoms with Crippen LogP contribution in [0.3, 0.4) is 0 Å². The van der Waals surface area contributed by atoms with Gasteiger partial charge in [0.25, 0.3) is 5.91 Å². The second kappa shape index (κ2) is 6.14. The van der Waals surface area contributed by atoms with Crippen molar-refractivity contribution in [3.63, 3.8) is 0 Å². The molecule has 3 nitrogen and oxygen atoms in total. The second-order valence-electron chi connectivity index (χ2n) is 4.73. The zero-order valence-corrected chi connectivity index (χ0v) is 11.5. The summed E-state index contributed by atoms with van der Waals surface area (Å²) in [6.07, 6.45) is 6.90. The number of rotatable bonds is 3. The molecule has 0 spiro atoms. The molecule has 2 N–H and O–H groups in total. The number of carbonyl (C=O) groups excluding carboxylic acids is 1. The Morgan fingerprint density at radius 2 is 2.00 bits per heavy atom. The summed E-state index contributed by atoms with van der Waals surface area (Å²) >= 11 is 1.86. The van der Waals surface area contributed by atoms with Gasteiger partial charge in [-0.05, 0) is 48.6 Å². The summed E-state index contributed by atoms with van der Waals surface area (Å²) in [7, 11) is 0. The van der Waals surface area contributed by atoms with Gasteiger partial charge in [0.15, 0.2) is 0 Å². The minimum absolute atomic E-state index is 0.0122. The lowest BCUT2D eigenvalue weighted by Gasteiger charge is -2.36. The molecule has 1 aliphatic rings. The Kier molecular flexibility index (Phi) is 4.52. The van der Waals surface area contributed by atoms with Gasteiger partial charge in [0.05, 0.1) is 12.1 Å². The number of hydrogen-bond donors (Lipinski definition) is 2. The quantitative estimate of drug-likeness (QED) is 0.825. The third kappa shape index (κ3) is 3.31. The number of benzene rings is 1. The molecule has 1 aromatic carbocycles. The van der Waals surface area contributed by atoms with E-state index in [1.165, 1.54) is 0 Å². The molecule has 1 fully saturated rings. The molecule has 0 aliphatic carbocycles. The number of nitrogens with one attached hydrogen (secondary N) is 1. The summed E-state index contributed by atoms with van der Waals surface area (Å²) < 4.78 is 0. The van der Waals surface area contributed by atoms with E-state index in [0.717, 1.165) is 29.9 Å². The van der Waals surface area contributed by atoms with Crippen molar-refractivity contribution in [2.24, 2.45) is 0 Å². The molecular formula is C15H17NO2S. The van der Waals surface area contributed by atoms with E-state index in [-0.39, 0.29) is 12.5 Å². The summed E-state index contributed by atoms with van der Waals surface area (Å²) in [5.74, 6) is 4.31. The Morgan fingerprint density at radius 1 is 1.37 bits per heavy atom. The summed E-state index contributed by atoms with van der Waals surface area (Å²) in [6.45, 7) is -0.0122. The van der Waals surface area contributed by atoms with Crippen molar-refractivity contribution in [1.29, 1.82) is 0 Å². The highest BCUT2D eigenvalue weighted by molar-refractivity contribution is 7.99. The van der Waals surface area contributed by atoms with E-state index in [0.29, 0.717) is 5.56 Å². The molecule has 1 heterocycles. The molecule has 0 saturated carbocycles. The maximum atomic E-state index is 12.2. The first-order chi connectivity index (χ1) is 9.19. The third-order valence-corrected chi connectivity index (χ3v) is 4.43. The van der Waals surface area contributed by atoms with Crippen molar-refractivity contribution in [1.82, 2.24) is 5.32 Å². The molecule has 0 aromatic heterocycles. The topological polar surface area (TPSA) is 49.3 Å². The predicted octanol–water partition coefficient (Wildman–Crippen LogP) is 1.66. The van der Waals surface area contributed by atoms with Crippen LogP contribution in [-0.2, 0) is 0 Å². The fraction of sp³-hybridized carbons (Fsp3) is 0.400. The molecule has 1 aromatic rings. The molecule has 2 rings (SSSR count). The number of carbonyl (C=O) groups is 1. The highest BCUT2D eigenvalue weighted by Gasteiger charge is 2.33. The lowest BCUT2D eigenvalue weighted by molar-refractivity contribution is 0.0817. The second-order valence-corrected chi connectivity index (χ2v) is 5.95. The maximum Gasteiger partial charge on any atom is 0.251 e. The Morgan fingerprint density at radius 3 is 2.53 bits per heavy atom. The number of terminal acetylenes is 1. The molecule has 0 bridgehead atoms. The van der Waals surface area contributed by atoms with Gasteiger partial charge < -0.3 is 10.4 Å². The van der Waals surface area contributed by atoms with Crippen LogP contribution in [0.25, 0.3) is 0 Å². The number of aliphatic hydroxyl groups excluding tert-OH is 1. The van der Waals surface area contributed by atoms with E-state index < -0.39 is 5.54 Å². The molecular weight excluding hydrogens is 258 g/mol. The van der Waals surface area contributed by atoms with E-state index in [4.69, 9.17) is 6.42 Å². The normalized spacial score (nSPS) is 17.5. The van der Waals surface area contributed by atoms with Crippen molar-refractivity contribution in [2.45, 2.75) is 18.4 Å². The van der Waals surface area contributed by atoms with Gasteiger partial charge in [-0.2, -0.15) is 11.8 Å². The van der Waals surface area contributed by atoms with Crippen LogP contribution in [0.5, 0.6) is 0 Å². The predicted molar refractivity (Wildman–Crippen MR) is 78.2 cm³/mol. The van der Waals surface area contributed by atoms with E-state index >= 15 is 0 Å². The van der Waals surface area contributed by atoms with Crippen molar-refractivity contribution in [2.75, 3.05) is 18.1 Å². The van der Waals surface area contributed by atoms with Gasteiger partial charge in [-0.25, -0.2) is 0 Å². The summed E-state index contributed by atoms with van der Waals surface area (Å²) in [5.41, 5.74) is 0.861. The van der Waals surface area contributed by atoms with Gasteiger partial charge >= 0.3 is 0 Å². The van der Waals surface area contributed by atoms with Gasteiger partial charge in [0.2, 0.25) is 0 Å². The van der Waals surface area contributed by atoms with Crippen LogP contribution in [0.1, 0.15) is 28.8 Å². The van der Waals surface area contributed by atoms with Crippen molar-refractivity contribution in [3.05, 3.63) is 35.4 Å². The molecule has 4 heteroatoms. The van der Waals surface area contributed by atoms with Crippen LogP contribution < -0.4 is 5.32 Å². The molecule has 0 atom stereocenters. The number of amides is 1. The van der Waals surface area contributed by atoms with Gasteiger partial charge in [-0.3, -0.25) is 4.79 Å². The first-order valence-corrected chi connectivity index (χ1v) is 7.42. The fourth-order valence-corrected chi connectivity index (χ4v) is 3.39. The summed E-state index contributed by atoms with van der Waals surface area (Å²) in [4.78, 5) is 12.2. The molecule has 1 aliphatic heterocycles. The third-order valence-electron chi connectivity index (χ3n) is 3.45. The van der Waals surface area contributed by atoms with Crippen molar-refractivity contribution >= 4 is 17.7 Å². The largest absolute Gasteiger partial charge is 0.394 e. The van der Waals surface area contributed by atoms with Gasteiger partial charge in [0, 0.05) is 11.1 Å².